The van der Waals surface area contributed by atoms with Crippen LogP contribution < -0.4 is 11.1 Å². The Morgan fingerprint density at radius 2 is 1.82 bits per heavy atom. The molecule has 2 aliphatic heterocycles. The number of carbonyl (C=O) groups is 1. The molecule has 2 saturated heterocycles. The lowest BCUT2D eigenvalue weighted by Gasteiger charge is -2.29. The molecule has 0 spiro atoms. The molecule has 1 unspecified atom stereocenters. The lowest BCUT2D eigenvalue weighted by molar-refractivity contribution is -0.124. The molecule has 132 valence electrons. The number of nitrogens with zero attached hydrogens (tertiary/aromatic N) is 1. The summed E-state index contributed by atoms with van der Waals surface area (Å²) in [5, 5.41) is 3.02. The average molecular weight is 356 g/mol. The Hall–Kier alpha value is -0.0700. The normalized spacial score (nSPS) is 22.3. The van der Waals surface area contributed by atoms with E-state index in [-0.39, 0.29) is 42.7 Å². The Kier molecular flexibility index (Phi) is 11.4. The number of amides is 1. The number of likely N-dealkylation sites (tertiary alicyclic amines) is 1. The molecule has 0 aromatic heterocycles. The fraction of sp³-hybridized carbons (Fsp3) is 0.933. The monoisotopic (exact) mass is 355 g/mol. The molecule has 0 aromatic rings. The van der Waals surface area contributed by atoms with E-state index in [2.05, 4.69) is 17.3 Å². The number of hydrogen-bond donors (Lipinski definition) is 2. The molecule has 2 heterocycles. The highest BCUT2D eigenvalue weighted by molar-refractivity contribution is 5.85. The van der Waals surface area contributed by atoms with E-state index in [4.69, 9.17) is 10.5 Å². The number of nitrogens with two attached hydrogens (primary N) is 1. The summed E-state index contributed by atoms with van der Waals surface area (Å²) in [7, 11) is 2.17. The van der Waals surface area contributed by atoms with Gasteiger partial charge >= 0.3 is 0 Å². The minimum Gasteiger partial charge on any atom is -0.381 e. The first-order valence-corrected chi connectivity index (χ1v) is 7.96. The van der Waals surface area contributed by atoms with Crippen molar-refractivity contribution in [3.05, 3.63) is 0 Å². The Morgan fingerprint density at radius 3 is 2.41 bits per heavy atom. The smallest absolute Gasteiger partial charge is 0.237 e. The minimum atomic E-state index is -0.364. The number of halogens is 2. The molecule has 22 heavy (non-hydrogen) atoms. The Bertz CT molecular complexity index is 307. The molecular formula is C15H31Cl2N3O2. The van der Waals surface area contributed by atoms with Gasteiger partial charge in [0.05, 0.1) is 6.04 Å². The van der Waals surface area contributed by atoms with Gasteiger partial charge in [-0.3, -0.25) is 4.79 Å². The van der Waals surface area contributed by atoms with Crippen LogP contribution in [0.5, 0.6) is 0 Å². The van der Waals surface area contributed by atoms with Crippen LogP contribution in [0, 0.1) is 11.8 Å². The van der Waals surface area contributed by atoms with E-state index in [1.165, 1.54) is 25.9 Å². The largest absolute Gasteiger partial charge is 0.381 e. The van der Waals surface area contributed by atoms with Crippen LogP contribution in [-0.2, 0) is 9.53 Å². The van der Waals surface area contributed by atoms with Crippen LogP contribution in [0.1, 0.15) is 32.1 Å². The molecule has 1 amide bonds. The first kappa shape index (κ1) is 21.9. The van der Waals surface area contributed by atoms with Gasteiger partial charge in [-0.2, -0.15) is 0 Å². The highest BCUT2D eigenvalue weighted by Gasteiger charge is 2.26. The van der Waals surface area contributed by atoms with Gasteiger partial charge < -0.3 is 20.7 Å². The van der Waals surface area contributed by atoms with Gasteiger partial charge in [-0.15, -0.1) is 24.8 Å². The molecule has 2 rings (SSSR count). The van der Waals surface area contributed by atoms with Gasteiger partial charge in [-0.05, 0) is 64.1 Å². The van der Waals surface area contributed by atoms with Gasteiger partial charge in [0.15, 0.2) is 0 Å². The summed E-state index contributed by atoms with van der Waals surface area (Å²) >= 11 is 0. The van der Waals surface area contributed by atoms with Crippen LogP contribution in [-0.4, -0.2) is 56.7 Å². The summed E-state index contributed by atoms with van der Waals surface area (Å²) in [6.45, 7) is 4.60. The standard InChI is InChI=1S/C15H29N3O2.2ClH/c1-18-8-3-12(4-9-18)2-7-17-15(19)14(16)13-5-10-20-11-6-13;;/h12-14H,2-11,16H2,1H3,(H,17,19);2*1H. The zero-order valence-corrected chi connectivity index (χ0v) is 15.1. The SMILES string of the molecule is CN1CCC(CCNC(=O)C(N)C2CCOCC2)CC1.Cl.Cl. The van der Waals surface area contributed by atoms with Crippen molar-refractivity contribution in [1.29, 1.82) is 0 Å². The molecule has 0 aliphatic carbocycles. The Balaban J connectivity index is 0.00000220. The highest BCUT2D eigenvalue weighted by Crippen LogP contribution is 2.19. The second-order valence-corrected chi connectivity index (χ2v) is 6.30. The lowest BCUT2D eigenvalue weighted by atomic mass is 9.91. The summed E-state index contributed by atoms with van der Waals surface area (Å²) in [6, 6.07) is -0.364. The fourth-order valence-corrected chi connectivity index (χ4v) is 3.16. The highest BCUT2D eigenvalue weighted by atomic mass is 35.5. The minimum absolute atomic E-state index is 0. The Labute approximate surface area is 146 Å². The number of piperidine rings is 1. The summed E-state index contributed by atoms with van der Waals surface area (Å²) in [5.41, 5.74) is 6.06. The zero-order chi connectivity index (χ0) is 14.4. The molecule has 0 radical (unpaired) electrons. The molecule has 2 fully saturated rings. The van der Waals surface area contributed by atoms with E-state index >= 15 is 0 Å². The lowest BCUT2D eigenvalue weighted by Crippen LogP contribution is -2.47. The van der Waals surface area contributed by atoms with E-state index in [9.17, 15) is 4.79 Å². The van der Waals surface area contributed by atoms with E-state index in [0.717, 1.165) is 44.9 Å². The van der Waals surface area contributed by atoms with Gasteiger partial charge in [-0.25, -0.2) is 0 Å². The van der Waals surface area contributed by atoms with Crippen molar-refractivity contribution in [2.45, 2.75) is 38.1 Å². The number of nitrogens with one attached hydrogen (secondary N) is 1. The van der Waals surface area contributed by atoms with Crippen molar-refractivity contribution in [3.63, 3.8) is 0 Å². The van der Waals surface area contributed by atoms with E-state index < -0.39 is 0 Å². The topological polar surface area (TPSA) is 67.6 Å². The summed E-state index contributed by atoms with van der Waals surface area (Å²) in [4.78, 5) is 14.4. The van der Waals surface area contributed by atoms with Crippen LogP contribution in [0.2, 0.25) is 0 Å². The van der Waals surface area contributed by atoms with Gasteiger partial charge in [0.2, 0.25) is 5.91 Å². The van der Waals surface area contributed by atoms with Crippen molar-refractivity contribution in [2.75, 3.05) is 39.9 Å². The first-order valence-electron chi connectivity index (χ1n) is 7.96. The molecule has 1 atom stereocenters. The van der Waals surface area contributed by atoms with Crippen LogP contribution in [0.3, 0.4) is 0 Å². The molecule has 7 heteroatoms. The third-order valence-electron chi connectivity index (χ3n) is 4.77. The van der Waals surface area contributed by atoms with Gasteiger partial charge in [0, 0.05) is 19.8 Å². The molecule has 0 aromatic carbocycles. The van der Waals surface area contributed by atoms with Crippen molar-refractivity contribution >= 4 is 30.7 Å². The number of carbonyl (C=O) groups excluding carboxylic acids is 1. The maximum Gasteiger partial charge on any atom is 0.237 e. The molecule has 0 saturated carbocycles. The maximum absolute atomic E-state index is 12.1. The summed E-state index contributed by atoms with van der Waals surface area (Å²) in [6.07, 6.45) is 5.39. The third kappa shape index (κ3) is 7.01. The predicted molar refractivity (Wildman–Crippen MR) is 93.9 cm³/mol. The van der Waals surface area contributed by atoms with Crippen LogP contribution in [0.15, 0.2) is 0 Å². The van der Waals surface area contributed by atoms with Gasteiger partial charge in [0.1, 0.15) is 0 Å². The molecule has 3 N–H and O–H groups in total. The summed E-state index contributed by atoms with van der Waals surface area (Å²) < 4.78 is 5.31. The number of rotatable bonds is 5. The second-order valence-electron chi connectivity index (χ2n) is 6.30. The van der Waals surface area contributed by atoms with Gasteiger partial charge in [-0.1, -0.05) is 0 Å². The van der Waals surface area contributed by atoms with Crippen molar-refractivity contribution in [1.82, 2.24) is 10.2 Å². The van der Waals surface area contributed by atoms with E-state index in [0.29, 0.717) is 0 Å². The van der Waals surface area contributed by atoms with Crippen molar-refractivity contribution in [3.8, 4) is 0 Å². The van der Waals surface area contributed by atoms with Gasteiger partial charge in [0.25, 0.3) is 0 Å². The van der Waals surface area contributed by atoms with Crippen molar-refractivity contribution in [2.24, 2.45) is 17.6 Å². The second kappa shape index (κ2) is 11.5. The van der Waals surface area contributed by atoms with Crippen LogP contribution in [0.25, 0.3) is 0 Å². The number of hydrogen-bond acceptors (Lipinski definition) is 4. The summed E-state index contributed by atoms with van der Waals surface area (Å²) in [5.74, 6) is 1.06. The van der Waals surface area contributed by atoms with Crippen LogP contribution >= 0.6 is 24.8 Å². The third-order valence-corrected chi connectivity index (χ3v) is 4.77. The number of ether oxygens (including phenoxy) is 1. The quantitative estimate of drug-likeness (QED) is 0.782. The predicted octanol–water partition coefficient (Wildman–Crippen LogP) is 1.43. The zero-order valence-electron chi connectivity index (χ0n) is 13.5. The average Bonchev–Trinajstić information content (AvgIpc) is 2.49. The van der Waals surface area contributed by atoms with E-state index in [1.807, 2.05) is 0 Å². The maximum atomic E-state index is 12.1. The van der Waals surface area contributed by atoms with Crippen LogP contribution in [0.4, 0.5) is 0 Å². The van der Waals surface area contributed by atoms with E-state index in [1.54, 1.807) is 0 Å². The molecular weight excluding hydrogens is 325 g/mol. The fourth-order valence-electron chi connectivity index (χ4n) is 3.16. The molecule has 5 nitrogen and oxygen atoms in total. The Morgan fingerprint density at radius 1 is 1.23 bits per heavy atom. The van der Waals surface area contributed by atoms with Crippen molar-refractivity contribution < 1.29 is 9.53 Å². The molecule has 2 aliphatic rings. The molecule has 0 bridgehead atoms. The first-order chi connectivity index (χ1) is 9.66.